The van der Waals surface area contributed by atoms with E-state index in [2.05, 4.69) is 0 Å². The number of carboxylic acid groups (broad SMARTS) is 1. The lowest BCUT2D eigenvalue weighted by Crippen LogP contribution is -2.76. The highest BCUT2D eigenvalue weighted by Gasteiger charge is 3.02. The minimum atomic E-state index is -10.1. The number of aryl methyl sites for hydroxylation is 1. The summed E-state index contributed by atoms with van der Waals surface area (Å²) in [4.78, 5) is 12.2. The third-order valence-electron chi connectivity index (χ3n) is 14.7. The van der Waals surface area contributed by atoms with Gasteiger partial charge >= 0.3 is 184 Å². The first-order chi connectivity index (χ1) is 46.3. The van der Waals surface area contributed by atoms with E-state index in [1.165, 1.54) is 10.2 Å². The maximum absolute atomic E-state index is 15.3. The average Bonchev–Trinajstić information content (AvgIpc) is 0.694. The lowest BCUT2D eigenvalue weighted by Gasteiger charge is -2.44. The molecule has 651 valence electrons. The number of carbonyl (C=O) groups is 1. The first-order valence-corrected chi connectivity index (χ1v) is 25.3. The summed E-state index contributed by atoms with van der Waals surface area (Å²) in [5.41, 5.74) is -12.5. The van der Waals surface area contributed by atoms with Gasteiger partial charge in [0.25, 0.3) is 0 Å². The highest BCUT2D eigenvalue weighted by Crippen LogP contribution is 2.71. The average molecular weight is 1870 g/mol. The Morgan fingerprint density at radius 3 is 0.518 bits per heavy atom. The fraction of sp³-hybridized carbons (Fsp3) is 0.837. The van der Waals surface area contributed by atoms with Crippen LogP contribution in [0.15, 0.2) is 6.07 Å². The summed E-state index contributed by atoms with van der Waals surface area (Å²) in [5.74, 6) is -262. The Labute approximate surface area is 570 Å². The normalized spacial score (nSPS) is 16.6. The van der Waals surface area contributed by atoms with Gasteiger partial charge in [0.05, 0.1) is 15.8 Å². The van der Waals surface area contributed by atoms with E-state index in [4.69, 9.17) is 0 Å². The SMILES string of the molecule is Br.O=C(O)c1cc(CCC(F)(F)C(F)(F)C(F)(F)C(F)(F)C(F)(F)C(F)(F)C(F)(F)C(F)(F)C(F)(F)C(F)(F)F)c([Si])c(CCC(F)(F)C(F)(F)C(F)(F)C(F)(F)C(F)(F)C(F)(F)C(F)(F)C(F)(F)C(F)(F)C(F)(F)F)c1CCC(F)(F)C(F)(F)C(F)(F)C(F)(F)C(F)(F)C(F)(F)C(F)(F)C(F)(F)C(F)(F)C(F)(F)F. The number of aromatic carboxylic acids is 1. The lowest BCUT2D eigenvalue weighted by molar-refractivity contribution is -0.474. The molecule has 67 heteroatoms. The zero-order chi connectivity index (χ0) is 89.4. The molecule has 0 saturated heterocycles. The molecule has 110 heavy (non-hydrogen) atoms. The molecule has 0 spiro atoms. The van der Waals surface area contributed by atoms with Gasteiger partial charge < -0.3 is 5.11 Å². The van der Waals surface area contributed by atoms with Gasteiger partial charge in [-0.25, -0.2) is 4.79 Å². The molecule has 1 N–H and O–H groups in total. The molecule has 0 fully saturated rings. The second kappa shape index (κ2) is 27.6. The van der Waals surface area contributed by atoms with Crippen LogP contribution in [-0.4, -0.2) is 200 Å². The van der Waals surface area contributed by atoms with Crippen molar-refractivity contribution in [1.82, 2.24) is 0 Å². The number of hydrogen-bond acceptors (Lipinski definition) is 1. The molecule has 2 nitrogen and oxygen atoms in total. The van der Waals surface area contributed by atoms with Gasteiger partial charge in [-0.15, -0.1) is 17.0 Å². The molecule has 0 atom stereocenters. The molecular formula is C43H15BrF63O2Si. The summed E-state index contributed by atoms with van der Waals surface area (Å²) >= 11 is 0. The lowest BCUT2D eigenvalue weighted by atomic mass is 9.83. The van der Waals surface area contributed by atoms with E-state index < -0.39 is 256 Å². The van der Waals surface area contributed by atoms with Crippen LogP contribution in [0, 0.1) is 0 Å². The number of hydrogen-bond donors (Lipinski definition) is 1. The monoisotopic (exact) mass is 1870 g/mol. The van der Waals surface area contributed by atoms with E-state index in [0.29, 0.717) is 0 Å². The Bertz CT molecular complexity index is 3450. The van der Waals surface area contributed by atoms with E-state index in [0.717, 1.165) is 0 Å². The summed E-state index contributed by atoms with van der Waals surface area (Å²) in [6.07, 6.45) is -50.5. The van der Waals surface area contributed by atoms with Crippen LogP contribution in [0.2, 0.25) is 0 Å². The van der Waals surface area contributed by atoms with Crippen LogP contribution in [0.5, 0.6) is 0 Å². The van der Waals surface area contributed by atoms with Crippen LogP contribution in [0.4, 0.5) is 277 Å². The van der Waals surface area contributed by atoms with Crippen molar-refractivity contribution in [2.24, 2.45) is 0 Å². The summed E-state index contributed by atoms with van der Waals surface area (Å²) < 4.78 is 884. The quantitative estimate of drug-likeness (QED) is 0.0552. The topological polar surface area (TPSA) is 37.3 Å². The minimum Gasteiger partial charge on any atom is -0.478 e. The van der Waals surface area contributed by atoms with E-state index in [9.17, 15) is 251 Å². The molecule has 0 aliphatic carbocycles. The highest BCUT2D eigenvalue weighted by atomic mass is 79.9. The van der Waals surface area contributed by atoms with Crippen molar-refractivity contribution in [2.75, 3.05) is 0 Å². The number of halogens is 64. The van der Waals surface area contributed by atoms with Gasteiger partial charge in [0.2, 0.25) is 0 Å². The number of benzene rings is 1. The highest BCUT2D eigenvalue weighted by molar-refractivity contribution is 8.93. The van der Waals surface area contributed by atoms with Crippen molar-refractivity contribution in [2.45, 2.75) is 217 Å². The molecule has 0 unspecified atom stereocenters. The van der Waals surface area contributed by atoms with Gasteiger partial charge in [0, 0.05) is 19.3 Å². The van der Waals surface area contributed by atoms with Crippen molar-refractivity contribution >= 4 is 38.4 Å². The van der Waals surface area contributed by atoms with E-state index in [1.54, 1.807) is 0 Å². The second-order valence-electron chi connectivity index (χ2n) is 21.6. The molecule has 0 bridgehead atoms. The van der Waals surface area contributed by atoms with Crippen molar-refractivity contribution in [3.05, 3.63) is 28.3 Å². The Morgan fingerprint density at radius 1 is 0.227 bits per heavy atom. The molecule has 3 radical (unpaired) electrons. The summed E-state index contributed by atoms with van der Waals surface area (Å²) in [6.45, 7) is 0. The minimum absolute atomic E-state index is 0. The molecule has 0 heterocycles. The third kappa shape index (κ3) is 13.7. The van der Waals surface area contributed by atoms with Gasteiger partial charge in [-0.1, -0.05) is 5.19 Å². The fourth-order valence-corrected chi connectivity index (χ4v) is 8.36. The number of rotatable bonds is 34. The molecule has 1 aromatic rings. The molecular weight excluding hydrogens is 1850 g/mol. The fourth-order valence-electron chi connectivity index (χ4n) is 7.89. The van der Waals surface area contributed by atoms with Crippen LogP contribution < -0.4 is 5.19 Å². The van der Waals surface area contributed by atoms with Crippen molar-refractivity contribution < 1.29 is 286 Å². The van der Waals surface area contributed by atoms with Crippen LogP contribution in [0.3, 0.4) is 0 Å². The van der Waals surface area contributed by atoms with Crippen molar-refractivity contribution in [3.8, 4) is 0 Å². The first kappa shape index (κ1) is 105. The van der Waals surface area contributed by atoms with Gasteiger partial charge in [-0.2, -0.15) is 277 Å². The Morgan fingerprint density at radius 2 is 0.364 bits per heavy atom. The van der Waals surface area contributed by atoms with Crippen LogP contribution in [-0.2, 0) is 19.3 Å². The Hall–Kier alpha value is -5.02. The molecule has 0 saturated carbocycles. The van der Waals surface area contributed by atoms with Gasteiger partial charge in [-0.3, -0.25) is 0 Å². The van der Waals surface area contributed by atoms with Crippen LogP contribution >= 0.6 is 17.0 Å². The van der Waals surface area contributed by atoms with E-state index in [1.807, 2.05) is 0 Å². The molecule has 1 rings (SSSR count). The predicted octanol–water partition coefficient (Wildman–Crippen LogP) is 22.4. The molecule has 0 amide bonds. The third-order valence-corrected chi connectivity index (χ3v) is 15.3. The smallest absolute Gasteiger partial charge is 0.460 e. The largest absolute Gasteiger partial charge is 0.478 e. The van der Waals surface area contributed by atoms with Crippen molar-refractivity contribution in [1.29, 1.82) is 0 Å². The maximum atomic E-state index is 15.3. The zero-order valence-electron chi connectivity index (χ0n) is 48.4. The van der Waals surface area contributed by atoms with Crippen LogP contribution in [0.25, 0.3) is 0 Å². The number of carboxylic acids is 1. The molecule has 1 aromatic carbocycles. The summed E-state index contributed by atoms with van der Waals surface area (Å²) in [7, 11) is 1.40. The maximum Gasteiger partial charge on any atom is 0.460 e. The van der Waals surface area contributed by atoms with Gasteiger partial charge in [0.1, 0.15) is 0 Å². The Balaban J connectivity index is 0.000119. The van der Waals surface area contributed by atoms with E-state index in [-0.39, 0.29) is 17.0 Å². The molecule has 0 aliphatic rings. The standard InChI is InChI=1S/C43H14F63O2Si.BrH/c44-14(45,17(50,51)20(56,57)23(62,63)26(68,69)29(74,75)32(80,81)35(86,87)38(92,93)41(98,99)100)4-1-8-7-11(13(107)108)9(2-5-15(46,47)18(52,53)21(58,59)24(64,65)27(70,71)30(76,77)33(82,83)36(88,89)39(94,95)42(101,102)103)10(12(8)109)3-6-16(48,49)19(54,55)22(60,61)25(66,67)28(72,73)31(78,79)34(84,85)37(90,91)40(96,97)43(104,105)106;/h7H,1-6H2,(H,107,108);1H. The first-order valence-electron chi connectivity index (χ1n) is 24.8. The second-order valence-corrected chi connectivity index (χ2v) is 22.1. The summed E-state index contributed by atoms with van der Waals surface area (Å²) in [5, 5.41) is 6.69. The van der Waals surface area contributed by atoms with Gasteiger partial charge in [-0.05, 0) is 42.0 Å². The molecule has 0 aliphatic heterocycles. The Kier molecular flexibility index (Phi) is 26.3. The predicted molar refractivity (Wildman–Crippen MR) is 226 cm³/mol. The molecule has 0 aromatic heterocycles. The van der Waals surface area contributed by atoms with Gasteiger partial charge in [0.15, 0.2) is 0 Å². The zero-order valence-corrected chi connectivity index (χ0v) is 51.1. The van der Waals surface area contributed by atoms with E-state index >= 15 is 35.1 Å². The number of alkyl halides is 63. The van der Waals surface area contributed by atoms with Crippen molar-refractivity contribution in [3.63, 3.8) is 0 Å². The summed E-state index contributed by atoms with van der Waals surface area (Å²) in [6, 6.07) is -1.37. The van der Waals surface area contributed by atoms with Crippen LogP contribution in [0.1, 0.15) is 46.3 Å².